The smallest absolute Gasteiger partial charge is 0.126 e. The first-order valence-electron chi connectivity index (χ1n) is 7.13. The summed E-state index contributed by atoms with van der Waals surface area (Å²) >= 11 is 3.52. The lowest BCUT2D eigenvalue weighted by Gasteiger charge is -2.48. The normalized spacial score (nSPS) is 32.7. The molecule has 0 saturated heterocycles. The van der Waals surface area contributed by atoms with Crippen molar-refractivity contribution >= 4 is 15.9 Å². The summed E-state index contributed by atoms with van der Waals surface area (Å²) in [6, 6.07) is 6.30. The summed E-state index contributed by atoms with van der Waals surface area (Å²) in [7, 11) is 0. The predicted octanol–water partition coefficient (Wildman–Crippen LogP) is 4.57. The highest BCUT2D eigenvalue weighted by Gasteiger charge is 2.45. The van der Waals surface area contributed by atoms with Gasteiger partial charge in [-0.25, -0.2) is 0 Å². The van der Waals surface area contributed by atoms with Gasteiger partial charge in [0.1, 0.15) is 11.4 Å². The molecule has 1 aliphatic heterocycles. The third-order valence-electron chi connectivity index (χ3n) is 4.58. The molecule has 1 aliphatic carbocycles. The van der Waals surface area contributed by atoms with Crippen LogP contribution in [-0.4, -0.2) is 5.60 Å². The van der Waals surface area contributed by atoms with Crippen LogP contribution in [0.4, 0.5) is 0 Å². The van der Waals surface area contributed by atoms with Gasteiger partial charge < -0.3 is 10.5 Å². The number of hydrogen-bond acceptors (Lipinski definition) is 2. The summed E-state index contributed by atoms with van der Waals surface area (Å²) in [6.45, 7) is 4.69. The molecule has 2 N–H and O–H groups in total. The van der Waals surface area contributed by atoms with Gasteiger partial charge in [0, 0.05) is 22.5 Å². The van der Waals surface area contributed by atoms with Crippen molar-refractivity contribution < 1.29 is 4.74 Å². The number of rotatable bonds is 0. The molecule has 0 amide bonds. The van der Waals surface area contributed by atoms with E-state index < -0.39 is 0 Å². The Bertz CT molecular complexity index is 500. The number of ether oxygens (including phenoxy) is 1. The molecule has 2 nitrogen and oxygen atoms in total. The molecule has 1 heterocycles. The molecular formula is C16H22BrNO. The summed E-state index contributed by atoms with van der Waals surface area (Å²) in [5, 5.41) is 0. The van der Waals surface area contributed by atoms with Gasteiger partial charge in [0.05, 0.1) is 0 Å². The Labute approximate surface area is 123 Å². The lowest BCUT2D eigenvalue weighted by molar-refractivity contribution is -0.0386. The maximum atomic E-state index is 6.44. The van der Waals surface area contributed by atoms with Crippen LogP contribution in [0, 0.1) is 5.41 Å². The number of halogens is 1. The summed E-state index contributed by atoms with van der Waals surface area (Å²) in [5.74, 6) is 0.978. The first-order chi connectivity index (χ1) is 8.89. The minimum absolute atomic E-state index is 0.0467. The van der Waals surface area contributed by atoms with E-state index in [-0.39, 0.29) is 11.6 Å². The number of hydrogen-bond donors (Lipinski definition) is 1. The summed E-state index contributed by atoms with van der Waals surface area (Å²) in [6.07, 6.45) is 5.72. The minimum atomic E-state index is -0.0467. The van der Waals surface area contributed by atoms with E-state index in [0.29, 0.717) is 5.41 Å². The quantitative estimate of drug-likeness (QED) is 0.759. The van der Waals surface area contributed by atoms with Gasteiger partial charge in [0.2, 0.25) is 0 Å². The zero-order valence-electron chi connectivity index (χ0n) is 11.7. The molecule has 1 spiro atoms. The molecule has 0 aromatic heterocycles. The summed E-state index contributed by atoms with van der Waals surface area (Å²) < 4.78 is 7.50. The fraction of sp³-hybridized carbons (Fsp3) is 0.625. The average molecular weight is 324 g/mol. The second-order valence-corrected chi connectivity index (χ2v) is 7.89. The van der Waals surface area contributed by atoms with Gasteiger partial charge in [-0.1, -0.05) is 35.8 Å². The van der Waals surface area contributed by atoms with Crippen molar-refractivity contribution in [3.05, 3.63) is 28.2 Å². The van der Waals surface area contributed by atoms with Crippen molar-refractivity contribution in [2.45, 2.75) is 57.6 Å². The molecule has 0 bridgehead atoms. The molecule has 1 aromatic carbocycles. The van der Waals surface area contributed by atoms with E-state index in [9.17, 15) is 0 Å². The molecular weight excluding hydrogens is 302 g/mol. The molecule has 3 heteroatoms. The molecule has 1 aromatic rings. The van der Waals surface area contributed by atoms with Crippen molar-refractivity contribution in [1.82, 2.24) is 0 Å². The van der Waals surface area contributed by atoms with E-state index >= 15 is 0 Å². The fourth-order valence-corrected chi connectivity index (χ4v) is 4.23. The fourth-order valence-electron chi connectivity index (χ4n) is 3.89. The van der Waals surface area contributed by atoms with Crippen molar-refractivity contribution in [2.75, 3.05) is 0 Å². The highest BCUT2D eigenvalue weighted by Crippen LogP contribution is 2.50. The number of nitrogens with two attached hydrogens (primary N) is 1. The topological polar surface area (TPSA) is 35.2 Å². The maximum absolute atomic E-state index is 6.44. The third kappa shape index (κ3) is 2.55. The Morgan fingerprint density at radius 3 is 2.84 bits per heavy atom. The van der Waals surface area contributed by atoms with E-state index in [4.69, 9.17) is 10.5 Å². The number of fused-ring (bicyclic) bond motifs is 1. The first-order valence-corrected chi connectivity index (χ1v) is 7.93. The lowest BCUT2D eigenvalue weighted by atomic mass is 9.66. The third-order valence-corrected chi connectivity index (χ3v) is 5.07. The standard InChI is InChI=1S/C16H22BrNO/c1-15(2)6-3-7-16(10-15)9-13(18)12-5-4-11(17)8-14(12)19-16/h4-5,8,13H,3,6-7,9-10,18H2,1-2H3/t13-,16?/m0/s1. The highest BCUT2D eigenvalue weighted by atomic mass is 79.9. The van der Waals surface area contributed by atoms with Crippen molar-refractivity contribution in [3.8, 4) is 5.75 Å². The molecule has 19 heavy (non-hydrogen) atoms. The van der Waals surface area contributed by atoms with E-state index in [1.165, 1.54) is 12.8 Å². The van der Waals surface area contributed by atoms with Crippen LogP contribution >= 0.6 is 15.9 Å². The molecule has 1 unspecified atom stereocenters. The Balaban J connectivity index is 1.95. The zero-order valence-corrected chi connectivity index (χ0v) is 13.3. The Morgan fingerprint density at radius 1 is 1.32 bits per heavy atom. The van der Waals surface area contributed by atoms with Crippen molar-refractivity contribution in [3.63, 3.8) is 0 Å². The molecule has 1 saturated carbocycles. The summed E-state index contributed by atoms with van der Waals surface area (Å²) in [4.78, 5) is 0. The largest absolute Gasteiger partial charge is 0.487 e. The zero-order chi connectivity index (χ0) is 13.7. The Morgan fingerprint density at radius 2 is 2.11 bits per heavy atom. The van der Waals surface area contributed by atoms with Crippen LogP contribution in [0.1, 0.15) is 57.6 Å². The monoisotopic (exact) mass is 323 g/mol. The van der Waals surface area contributed by atoms with Gasteiger partial charge in [0.25, 0.3) is 0 Å². The van der Waals surface area contributed by atoms with Crippen LogP contribution in [0.2, 0.25) is 0 Å². The van der Waals surface area contributed by atoms with E-state index in [1.54, 1.807) is 0 Å². The van der Waals surface area contributed by atoms with Crippen LogP contribution in [0.3, 0.4) is 0 Å². The molecule has 0 radical (unpaired) electrons. The highest BCUT2D eigenvalue weighted by molar-refractivity contribution is 9.10. The van der Waals surface area contributed by atoms with E-state index in [0.717, 1.165) is 35.0 Å². The van der Waals surface area contributed by atoms with E-state index in [1.807, 2.05) is 6.07 Å². The first kappa shape index (κ1) is 13.4. The molecule has 104 valence electrons. The second-order valence-electron chi connectivity index (χ2n) is 6.97. The van der Waals surface area contributed by atoms with Crippen molar-refractivity contribution in [1.29, 1.82) is 0 Å². The lowest BCUT2D eigenvalue weighted by Crippen LogP contribution is -2.48. The predicted molar refractivity (Wildman–Crippen MR) is 81.3 cm³/mol. The second kappa shape index (κ2) is 4.49. The minimum Gasteiger partial charge on any atom is -0.487 e. The van der Waals surface area contributed by atoms with Gasteiger partial charge in [-0.3, -0.25) is 0 Å². The van der Waals surface area contributed by atoms with Gasteiger partial charge in [0.15, 0.2) is 0 Å². The Kier molecular flexibility index (Phi) is 3.18. The van der Waals surface area contributed by atoms with Crippen LogP contribution in [0.5, 0.6) is 5.75 Å². The SMILES string of the molecule is CC1(C)CCCC2(C[C@H](N)c3ccc(Br)cc3O2)C1. The van der Waals surface area contributed by atoms with Crippen LogP contribution in [0.25, 0.3) is 0 Å². The molecule has 3 rings (SSSR count). The van der Waals surface area contributed by atoms with Gasteiger partial charge in [-0.15, -0.1) is 0 Å². The molecule has 2 aliphatic rings. The molecule has 2 atom stereocenters. The average Bonchev–Trinajstić information content (AvgIpc) is 2.25. The number of benzene rings is 1. The van der Waals surface area contributed by atoms with Gasteiger partial charge in [-0.05, 0) is 43.2 Å². The van der Waals surface area contributed by atoms with Crippen molar-refractivity contribution in [2.24, 2.45) is 11.1 Å². The van der Waals surface area contributed by atoms with E-state index in [2.05, 4.69) is 41.9 Å². The Hall–Kier alpha value is -0.540. The van der Waals surface area contributed by atoms with Crippen LogP contribution < -0.4 is 10.5 Å². The van der Waals surface area contributed by atoms with Gasteiger partial charge in [-0.2, -0.15) is 0 Å². The molecule has 1 fully saturated rings. The van der Waals surface area contributed by atoms with Gasteiger partial charge >= 0.3 is 0 Å². The van der Waals surface area contributed by atoms with Crippen LogP contribution in [-0.2, 0) is 0 Å². The summed E-state index contributed by atoms with van der Waals surface area (Å²) in [5.41, 5.74) is 7.86. The van der Waals surface area contributed by atoms with Crippen LogP contribution in [0.15, 0.2) is 22.7 Å². The maximum Gasteiger partial charge on any atom is 0.126 e.